The summed E-state index contributed by atoms with van der Waals surface area (Å²) in [5, 5.41) is 3.21. The lowest BCUT2D eigenvalue weighted by Gasteiger charge is -2.27. The summed E-state index contributed by atoms with van der Waals surface area (Å²) in [6.45, 7) is 8.21. The highest BCUT2D eigenvalue weighted by Crippen LogP contribution is 2.37. The van der Waals surface area contributed by atoms with Crippen molar-refractivity contribution < 1.29 is 8.42 Å². The van der Waals surface area contributed by atoms with Crippen LogP contribution < -0.4 is 10.0 Å². The van der Waals surface area contributed by atoms with Crippen LogP contribution in [-0.2, 0) is 10.0 Å². The van der Waals surface area contributed by atoms with Crippen LogP contribution in [0.2, 0.25) is 0 Å². The average molecular weight is 276 g/mol. The molecular weight excluding hydrogens is 248 g/mol. The zero-order valence-electron chi connectivity index (χ0n) is 12.0. The monoisotopic (exact) mass is 276 g/mol. The Morgan fingerprint density at radius 3 is 2.56 bits per heavy atom. The Kier molecular flexibility index (Phi) is 6.08. The second-order valence-corrected chi connectivity index (χ2v) is 7.80. The maximum absolute atomic E-state index is 12.0. The van der Waals surface area contributed by atoms with E-state index in [-0.39, 0.29) is 17.2 Å². The molecule has 1 atom stereocenters. The normalized spacial score (nSPS) is 23.4. The number of hydrogen-bond acceptors (Lipinski definition) is 3. The first kappa shape index (κ1) is 15.9. The van der Waals surface area contributed by atoms with E-state index in [2.05, 4.69) is 30.8 Å². The molecule has 1 rings (SSSR count). The third kappa shape index (κ3) is 5.24. The summed E-state index contributed by atoms with van der Waals surface area (Å²) in [7, 11) is -3.10. The van der Waals surface area contributed by atoms with Crippen LogP contribution in [0.25, 0.3) is 0 Å². The summed E-state index contributed by atoms with van der Waals surface area (Å²) in [4.78, 5) is 0. The molecule has 0 saturated heterocycles. The summed E-state index contributed by atoms with van der Waals surface area (Å²) >= 11 is 0. The lowest BCUT2D eigenvalue weighted by atomic mass is 9.88. The maximum Gasteiger partial charge on any atom is 0.211 e. The maximum atomic E-state index is 12.0. The van der Waals surface area contributed by atoms with E-state index in [0.29, 0.717) is 0 Å². The molecule has 0 aromatic rings. The van der Waals surface area contributed by atoms with E-state index < -0.39 is 10.0 Å². The first-order valence-electron chi connectivity index (χ1n) is 7.08. The largest absolute Gasteiger partial charge is 0.317 e. The molecule has 0 spiro atoms. The third-order valence-electron chi connectivity index (χ3n) is 3.85. The van der Waals surface area contributed by atoms with E-state index in [9.17, 15) is 8.42 Å². The first-order valence-corrected chi connectivity index (χ1v) is 8.73. The molecule has 0 radical (unpaired) electrons. The molecular formula is C13H28N2O2S. The van der Waals surface area contributed by atoms with Crippen LogP contribution in [0.4, 0.5) is 0 Å². The van der Waals surface area contributed by atoms with Crippen LogP contribution in [0.3, 0.4) is 0 Å². The standard InChI is InChI=1S/C13H28N2O2S/c1-4-14-10-5-6-11-18(16,17)15-12-8-7-9-13(12,2)3/h12,14-15H,4-11H2,1-3H3. The predicted octanol–water partition coefficient (Wildman–Crippen LogP) is 1.87. The topological polar surface area (TPSA) is 58.2 Å². The highest BCUT2D eigenvalue weighted by Gasteiger charge is 2.36. The SMILES string of the molecule is CCNCCCCS(=O)(=O)NC1CCCC1(C)C. The molecule has 0 aliphatic heterocycles. The van der Waals surface area contributed by atoms with Crippen LogP contribution in [0, 0.1) is 5.41 Å². The van der Waals surface area contributed by atoms with E-state index in [1.54, 1.807) is 0 Å². The van der Waals surface area contributed by atoms with Crippen molar-refractivity contribution in [2.24, 2.45) is 5.41 Å². The summed E-state index contributed by atoms with van der Waals surface area (Å²) < 4.78 is 26.8. The van der Waals surface area contributed by atoms with Crippen molar-refractivity contribution in [1.82, 2.24) is 10.0 Å². The van der Waals surface area contributed by atoms with Crippen LogP contribution >= 0.6 is 0 Å². The Labute approximate surface area is 112 Å². The van der Waals surface area contributed by atoms with Gasteiger partial charge in [-0.05, 0) is 44.2 Å². The van der Waals surface area contributed by atoms with Gasteiger partial charge in [-0.15, -0.1) is 0 Å². The summed E-state index contributed by atoms with van der Waals surface area (Å²) in [6, 6.07) is 0.122. The number of nitrogens with one attached hydrogen (secondary N) is 2. The van der Waals surface area contributed by atoms with E-state index >= 15 is 0 Å². The molecule has 2 N–H and O–H groups in total. The summed E-state index contributed by atoms with van der Waals surface area (Å²) in [6.07, 6.45) is 4.86. The van der Waals surface area contributed by atoms with Gasteiger partial charge < -0.3 is 5.32 Å². The molecule has 1 aliphatic carbocycles. The van der Waals surface area contributed by atoms with Crippen LogP contribution in [0.5, 0.6) is 0 Å². The Morgan fingerprint density at radius 2 is 2.00 bits per heavy atom. The van der Waals surface area contributed by atoms with Gasteiger partial charge in [-0.3, -0.25) is 0 Å². The fourth-order valence-corrected chi connectivity index (χ4v) is 4.11. The van der Waals surface area contributed by atoms with Crippen molar-refractivity contribution in [3.05, 3.63) is 0 Å². The fraction of sp³-hybridized carbons (Fsp3) is 1.00. The van der Waals surface area contributed by atoms with Crippen molar-refractivity contribution in [3.63, 3.8) is 0 Å². The van der Waals surface area contributed by atoms with Crippen molar-refractivity contribution in [2.75, 3.05) is 18.8 Å². The Balaban J connectivity index is 2.31. The van der Waals surface area contributed by atoms with E-state index in [1.807, 2.05) is 0 Å². The molecule has 0 amide bonds. The average Bonchev–Trinajstić information content (AvgIpc) is 2.57. The van der Waals surface area contributed by atoms with Crippen LogP contribution in [0.15, 0.2) is 0 Å². The van der Waals surface area contributed by atoms with Crippen molar-refractivity contribution in [1.29, 1.82) is 0 Å². The minimum atomic E-state index is -3.10. The Hall–Kier alpha value is -0.130. The van der Waals surface area contributed by atoms with Gasteiger partial charge in [-0.25, -0.2) is 13.1 Å². The van der Waals surface area contributed by atoms with E-state index in [4.69, 9.17) is 0 Å². The fourth-order valence-electron chi connectivity index (χ4n) is 2.54. The van der Waals surface area contributed by atoms with Gasteiger partial charge in [0.2, 0.25) is 10.0 Å². The molecule has 0 heterocycles. The molecule has 0 aromatic heterocycles. The molecule has 0 aromatic carbocycles. The third-order valence-corrected chi connectivity index (χ3v) is 5.32. The van der Waals surface area contributed by atoms with E-state index in [0.717, 1.165) is 45.2 Å². The molecule has 108 valence electrons. The van der Waals surface area contributed by atoms with Crippen LogP contribution in [-0.4, -0.2) is 33.3 Å². The Bertz CT molecular complexity index is 339. The molecule has 1 saturated carbocycles. The zero-order valence-corrected chi connectivity index (χ0v) is 12.8. The molecule has 1 unspecified atom stereocenters. The quantitative estimate of drug-likeness (QED) is 0.665. The number of rotatable bonds is 8. The Morgan fingerprint density at radius 1 is 1.28 bits per heavy atom. The van der Waals surface area contributed by atoms with Gasteiger partial charge in [-0.2, -0.15) is 0 Å². The molecule has 1 aliphatic rings. The molecule has 0 bridgehead atoms. The zero-order chi connectivity index (χ0) is 13.6. The molecule has 5 heteroatoms. The van der Waals surface area contributed by atoms with Crippen molar-refractivity contribution >= 4 is 10.0 Å². The molecule has 18 heavy (non-hydrogen) atoms. The minimum absolute atomic E-state index is 0.108. The van der Waals surface area contributed by atoms with Gasteiger partial charge in [0.05, 0.1) is 5.75 Å². The number of unbranched alkanes of at least 4 members (excludes halogenated alkanes) is 1. The smallest absolute Gasteiger partial charge is 0.211 e. The lowest BCUT2D eigenvalue weighted by molar-refractivity contribution is 0.313. The van der Waals surface area contributed by atoms with Gasteiger partial charge in [0.25, 0.3) is 0 Å². The second kappa shape index (κ2) is 6.87. The molecule has 4 nitrogen and oxygen atoms in total. The van der Waals surface area contributed by atoms with Gasteiger partial charge in [0, 0.05) is 6.04 Å². The number of hydrogen-bond donors (Lipinski definition) is 2. The highest BCUT2D eigenvalue weighted by atomic mass is 32.2. The predicted molar refractivity (Wildman–Crippen MR) is 76.1 cm³/mol. The number of sulfonamides is 1. The second-order valence-electron chi connectivity index (χ2n) is 5.93. The van der Waals surface area contributed by atoms with Gasteiger partial charge in [-0.1, -0.05) is 27.2 Å². The molecule has 1 fully saturated rings. The van der Waals surface area contributed by atoms with Gasteiger partial charge >= 0.3 is 0 Å². The van der Waals surface area contributed by atoms with Gasteiger partial charge in [0.15, 0.2) is 0 Å². The summed E-state index contributed by atoms with van der Waals surface area (Å²) in [5.41, 5.74) is 0.108. The minimum Gasteiger partial charge on any atom is -0.317 e. The van der Waals surface area contributed by atoms with Crippen molar-refractivity contribution in [3.8, 4) is 0 Å². The van der Waals surface area contributed by atoms with E-state index in [1.165, 1.54) is 0 Å². The summed E-state index contributed by atoms with van der Waals surface area (Å²) in [5.74, 6) is 0.255. The van der Waals surface area contributed by atoms with Crippen molar-refractivity contribution in [2.45, 2.75) is 58.9 Å². The first-order chi connectivity index (χ1) is 8.37. The lowest BCUT2D eigenvalue weighted by Crippen LogP contribution is -2.42. The van der Waals surface area contributed by atoms with Gasteiger partial charge in [0.1, 0.15) is 0 Å². The highest BCUT2D eigenvalue weighted by molar-refractivity contribution is 7.89. The van der Waals surface area contributed by atoms with Crippen LogP contribution in [0.1, 0.15) is 52.9 Å².